The van der Waals surface area contributed by atoms with Gasteiger partial charge in [-0.05, 0) is 6.07 Å². The fourth-order valence-corrected chi connectivity index (χ4v) is 1.50. The molecule has 0 saturated heterocycles. The Morgan fingerprint density at radius 3 is 3.08 bits per heavy atom. The standard InChI is InChI=1S/C9H10N2O2/c1-11-8(12)5-6-7(13-2)3-4-10-9(6)11/h3-4H,5H2,1-2H3. The first-order valence-electron chi connectivity index (χ1n) is 4.02. The van der Waals surface area contributed by atoms with Crippen LogP contribution in [0.4, 0.5) is 5.82 Å². The Bertz CT molecular complexity index is 363. The minimum absolute atomic E-state index is 0.0620. The maximum atomic E-state index is 11.3. The van der Waals surface area contributed by atoms with Crippen molar-refractivity contribution in [1.82, 2.24) is 4.98 Å². The number of hydrogen-bond donors (Lipinski definition) is 0. The van der Waals surface area contributed by atoms with Crippen molar-refractivity contribution in [3.05, 3.63) is 17.8 Å². The highest BCUT2D eigenvalue weighted by atomic mass is 16.5. The summed E-state index contributed by atoms with van der Waals surface area (Å²) in [6.07, 6.45) is 2.04. The van der Waals surface area contributed by atoms with Crippen molar-refractivity contribution in [3.8, 4) is 5.75 Å². The van der Waals surface area contributed by atoms with Crippen molar-refractivity contribution in [2.24, 2.45) is 0 Å². The first kappa shape index (κ1) is 8.04. The van der Waals surface area contributed by atoms with E-state index in [4.69, 9.17) is 4.74 Å². The molecule has 0 aliphatic carbocycles. The summed E-state index contributed by atoms with van der Waals surface area (Å²) in [4.78, 5) is 17.0. The number of hydrogen-bond acceptors (Lipinski definition) is 3. The summed E-state index contributed by atoms with van der Waals surface area (Å²) in [5.41, 5.74) is 0.887. The van der Waals surface area contributed by atoms with Crippen LogP contribution in [0.1, 0.15) is 5.56 Å². The van der Waals surface area contributed by atoms with E-state index in [1.54, 1.807) is 31.3 Å². The molecule has 1 aliphatic heterocycles. The topological polar surface area (TPSA) is 42.4 Å². The molecule has 2 heterocycles. The second-order valence-electron chi connectivity index (χ2n) is 2.94. The summed E-state index contributed by atoms with van der Waals surface area (Å²) >= 11 is 0. The molecule has 4 nitrogen and oxygen atoms in total. The van der Waals surface area contributed by atoms with Crippen LogP contribution < -0.4 is 9.64 Å². The van der Waals surface area contributed by atoms with Gasteiger partial charge in [-0.1, -0.05) is 0 Å². The number of carbonyl (C=O) groups excluding carboxylic acids is 1. The number of carbonyl (C=O) groups is 1. The Morgan fingerprint density at radius 1 is 1.62 bits per heavy atom. The molecule has 1 aromatic rings. The van der Waals surface area contributed by atoms with Crippen molar-refractivity contribution in [2.75, 3.05) is 19.1 Å². The maximum Gasteiger partial charge on any atom is 0.232 e. The molecule has 68 valence electrons. The Hall–Kier alpha value is -1.58. The molecule has 1 aliphatic rings. The molecule has 1 amide bonds. The van der Waals surface area contributed by atoms with Gasteiger partial charge >= 0.3 is 0 Å². The Kier molecular flexibility index (Phi) is 1.69. The van der Waals surface area contributed by atoms with Gasteiger partial charge in [0.25, 0.3) is 0 Å². The van der Waals surface area contributed by atoms with Crippen LogP contribution in [-0.2, 0) is 11.2 Å². The van der Waals surface area contributed by atoms with Gasteiger partial charge in [0.1, 0.15) is 11.6 Å². The van der Waals surface area contributed by atoms with Gasteiger partial charge in [0.05, 0.1) is 13.5 Å². The zero-order valence-corrected chi connectivity index (χ0v) is 7.57. The number of likely N-dealkylation sites (N-methyl/N-ethyl adjacent to an activating group) is 1. The fourth-order valence-electron chi connectivity index (χ4n) is 1.50. The lowest BCUT2D eigenvalue weighted by Crippen LogP contribution is -2.21. The Morgan fingerprint density at radius 2 is 2.38 bits per heavy atom. The summed E-state index contributed by atoms with van der Waals surface area (Å²) in [7, 11) is 3.32. The third kappa shape index (κ3) is 1.06. The molecular weight excluding hydrogens is 168 g/mol. The molecule has 0 unspecified atom stereocenters. The number of aromatic nitrogens is 1. The summed E-state index contributed by atoms with van der Waals surface area (Å²) in [5, 5.41) is 0. The molecule has 13 heavy (non-hydrogen) atoms. The first-order chi connectivity index (χ1) is 6.24. The van der Waals surface area contributed by atoms with Gasteiger partial charge in [-0.2, -0.15) is 0 Å². The summed E-state index contributed by atoms with van der Waals surface area (Å²) < 4.78 is 5.13. The summed E-state index contributed by atoms with van der Waals surface area (Å²) in [5.74, 6) is 1.51. The van der Waals surface area contributed by atoms with Crippen molar-refractivity contribution in [1.29, 1.82) is 0 Å². The van der Waals surface area contributed by atoms with Crippen LogP contribution >= 0.6 is 0 Å². The van der Waals surface area contributed by atoms with Gasteiger partial charge in [0, 0.05) is 18.8 Å². The number of fused-ring (bicyclic) bond motifs is 1. The van der Waals surface area contributed by atoms with E-state index >= 15 is 0 Å². The van der Waals surface area contributed by atoms with E-state index in [1.165, 1.54) is 0 Å². The van der Waals surface area contributed by atoms with E-state index in [0.29, 0.717) is 12.2 Å². The third-order valence-corrected chi connectivity index (χ3v) is 2.23. The van der Waals surface area contributed by atoms with Crippen LogP contribution in [0, 0.1) is 0 Å². The Balaban J connectivity index is 2.55. The van der Waals surface area contributed by atoms with Crippen LogP contribution in [0.5, 0.6) is 5.75 Å². The van der Waals surface area contributed by atoms with Gasteiger partial charge in [-0.25, -0.2) is 4.98 Å². The van der Waals surface area contributed by atoms with Crippen LogP contribution in [0.2, 0.25) is 0 Å². The van der Waals surface area contributed by atoms with Crippen LogP contribution in [0.3, 0.4) is 0 Å². The van der Waals surface area contributed by atoms with E-state index in [9.17, 15) is 4.79 Å². The zero-order valence-electron chi connectivity index (χ0n) is 7.57. The first-order valence-corrected chi connectivity index (χ1v) is 4.02. The molecule has 0 spiro atoms. The molecule has 0 aromatic carbocycles. The van der Waals surface area contributed by atoms with E-state index in [1.807, 2.05) is 0 Å². The molecule has 0 fully saturated rings. The van der Waals surface area contributed by atoms with Crippen molar-refractivity contribution < 1.29 is 9.53 Å². The predicted octanol–water partition coefficient (Wildman–Crippen LogP) is 0.609. The van der Waals surface area contributed by atoms with E-state index < -0.39 is 0 Å². The number of amides is 1. The van der Waals surface area contributed by atoms with Crippen LogP contribution in [-0.4, -0.2) is 25.0 Å². The fraction of sp³-hybridized carbons (Fsp3) is 0.333. The molecule has 4 heteroatoms. The van der Waals surface area contributed by atoms with Gasteiger partial charge in [-0.15, -0.1) is 0 Å². The van der Waals surface area contributed by atoms with Gasteiger partial charge in [0.2, 0.25) is 5.91 Å². The van der Waals surface area contributed by atoms with E-state index in [2.05, 4.69) is 4.98 Å². The summed E-state index contributed by atoms with van der Waals surface area (Å²) in [6.45, 7) is 0. The van der Waals surface area contributed by atoms with Crippen LogP contribution in [0.25, 0.3) is 0 Å². The number of rotatable bonds is 1. The predicted molar refractivity (Wildman–Crippen MR) is 47.9 cm³/mol. The molecule has 2 rings (SSSR count). The van der Waals surface area contributed by atoms with E-state index in [0.717, 1.165) is 11.3 Å². The van der Waals surface area contributed by atoms with Crippen LogP contribution in [0.15, 0.2) is 12.3 Å². The lowest BCUT2D eigenvalue weighted by atomic mass is 10.2. The molecule has 0 radical (unpaired) electrons. The minimum atomic E-state index is 0.0620. The largest absolute Gasteiger partial charge is 0.496 e. The molecule has 1 aromatic heterocycles. The smallest absolute Gasteiger partial charge is 0.232 e. The van der Waals surface area contributed by atoms with Crippen molar-refractivity contribution >= 4 is 11.7 Å². The van der Waals surface area contributed by atoms with Crippen molar-refractivity contribution in [2.45, 2.75) is 6.42 Å². The lowest BCUT2D eigenvalue weighted by Gasteiger charge is -2.09. The normalized spacial score (nSPS) is 14.6. The van der Waals surface area contributed by atoms with E-state index in [-0.39, 0.29) is 5.91 Å². The van der Waals surface area contributed by atoms with Gasteiger partial charge < -0.3 is 4.74 Å². The Labute approximate surface area is 76.1 Å². The third-order valence-electron chi connectivity index (χ3n) is 2.23. The average molecular weight is 178 g/mol. The molecule has 0 atom stereocenters. The highest BCUT2D eigenvalue weighted by Crippen LogP contribution is 2.32. The molecule has 0 saturated carbocycles. The monoisotopic (exact) mass is 178 g/mol. The second-order valence-corrected chi connectivity index (χ2v) is 2.94. The number of pyridine rings is 1. The van der Waals surface area contributed by atoms with Gasteiger partial charge in [0.15, 0.2) is 0 Å². The highest BCUT2D eigenvalue weighted by Gasteiger charge is 2.27. The second kappa shape index (κ2) is 2.73. The summed E-state index contributed by atoms with van der Waals surface area (Å²) in [6, 6.07) is 1.77. The average Bonchev–Trinajstić information content (AvgIpc) is 2.43. The lowest BCUT2D eigenvalue weighted by molar-refractivity contribution is -0.117. The number of methoxy groups -OCH3 is 1. The van der Waals surface area contributed by atoms with Crippen molar-refractivity contribution in [3.63, 3.8) is 0 Å². The number of ether oxygens (including phenoxy) is 1. The molecule has 0 N–H and O–H groups in total. The SMILES string of the molecule is COc1ccnc2c1CC(=O)N2C. The zero-order chi connectivity index (χ0) is 9.42. The van der Waals surface area contributed by atoms with Gasteiger partial charge in [-0.3, -0.25) is 9.69 Å². The highest BCUT2D eigenvalue weighted by molar-refractivity contribution is 6.00. The number of anilines is 1. The quantitative estimate of drug-likeness (QED) is 0.632. The molecule has 0 bridgehead atoms. The minimum Gasteiger partial charge on any atom is -0.496 e. The molecular formula is C9H10N2O2. The maximum absolute atomic E-state index is 11.3. The number of nitrogens with zero attached hydrogens (tertiary/aromatic N) is 2.